The molecule has 28 heavy (non-hydrogen) atoms. The van der Waals surface area contributed by atoms with E-state index >= 15 is 0 Å². The first-order valence-electron chi connectivity index (χ1n) is 8.65. The number of rotatable bonds is 10. The fraction of sp³-hybridized carbons (Fsp3) is 0.300. The van der Waals surface area contributed by atoms with Gasteiger partial charge >= 0.3 is 5.97 Å². The molecule has 8 heteroatoms. The second-order valence-corrected chi connectivity index (χ2v) is 5.84. The number of carbonyl (C=O) groups excluding carboxylic acids is 1. The lowest BCUT2D eigenvalue weighted by Crippen LogP contribution is -2.36. The fourth-order valence-corrected chi connectivity index (χ4v) is 2.35. The molecule has 0 heterocycles. The Morgan fingerprint density at radius 2 is 1.75 bits per heavy atom. The van der Waals surface area contributed by atoms with E-state index in [4.69, 9.17) is 14.2 Å². The molecule has 0 spiro atoms. The van der Waals surface area contributed by atoms with Gasteiger partial charge in [0.1, 0.15) is 11.5 Å². The highest BCUT2D eigenvalue weighted by molar-refractivity contribution is 5.85. The molecule has 2 aromatic carbocycles. The molecule has 0 radical (unpaired) electrons. The summed E-state index contributed by atoms with van der Waals surface area (Å²) in [6.45, 7) is 2.21. The van der Waals surface area contributed by atoms with Gasteiger partial charge in [-0.15, -0.1) is 0 Å². The van der Waals surface area contributed by atoms with Gasteiger partial charge in [-0.1, -0.05) is 13.0 Å². The van der Waals surface area contributed by atoms with E-state index in [0.717, 1.165) is 12.5 Å². The number of ether oxygens (including phenoxy) is 3. The van der Waals surface area contributed by atoms with Crippen LogP contribution in [0, 0.1) is 5.82 Å². The van der Waals surface area contributed by atoms with Gasteiger partial charge in [0.15, 0.2) is 24.2 Å². The van der Waals surface area contributed by atoms with Crippen molar-refractivity contribution in [2.45, 2.75) is 19.4 Å². The summed E-state index contributed by atoms with van der Waals surface area (Å²) in [5.74, 6) is -1.60. The van der Waals surface area contributed by atoms with Gasteiger partial charge in [0.05, 0.1) is 13.7 Å². The van der Waals surface area contributed by atoms with Crippen molar-refractivity contribution < 1.29 is 33.3 Å². The van der Waals surface area contributed by atoms with Crippen LogP contribution in [0.1, 0.15) is 24.9 Å². The maximum absolute atomic E-state index is 13.8. The van der Waals surface area contributed by atoms with E-state index in [0.29, 0.717) is 18.1 Å². The smallest absolute Gasteiger partial charge is 0.330 e. The number of carboxylic acid groups (broad SMARTS) is 1. The summed E-state index contributed by atoms with van der Waals surface area (Å²) < 4.78 is 29.4. The Balaban J connectivity index is 1.95. The van der Waals surface area contributed by atoms with Crippen LogP contribution in [0.15, 0.2) is 42.5 Å². The monoisotopic (exact) mass is 391 g/mol. The molecular weight excluding hydrogens is 369 g/mol. The molecule has 0 aromatic heterocycles. The van der Waals surface area contributed by atoms with E-state index in [-0.39, 0.29) is 11.3 Å². The van der Waals surface area contributed by atoms with Crippen LogP contribution in [0.25, 0.3) is 0 Å². The van der Waals surface area contributed by atoms with Crippen LogP contribution in [0.4, 0.5) is 4.39 Å². The molecule has 0 saturated heterocycles. The highest BCUT2D eigenvalue weighted by Crippen LogP contribution is 2.22. The number of carbonyl (C=O) groups is 2. The van der Waals surface area contributed by atoms with Gasteiger partial charge in [-0.05, 0) is 48.4 Å². The molecule has 0 aliphatic heterocycles. The number of carboxylic acids is 1. The summed E-state index contributed by atoms with van der Waals surface area (Å²) in [7, 11) is 1.30. The Bertz CT molecular complexity index is 809. The average molecular weight is 391 g/mol. The summed E-state index contributed by atoms with van der Waals surface area (Å²) in [6.07, 6.45) is 0.890. The number of hydrogen-bond donors (Lipinski definition) is 2. The quantitative estimate of drug-likeness (QED) is 0.647. The van der Waals surface area contributed by atoms with Crippen LogP contribution in [-0.4, -0.2) is 37.3 Å². The molecule has 150 valence electrons. The molecular formula is C20H22FNO6. The minimum Gasteiger partial charge on any atom is -0.494 e. The van der Waals surface area contributed by atoms with Gasteiger partial charge in [0.25, 0.3) is 5.91 Å². The van der Waals surface area contributed by atoms with E-state index in [1.54, 1.807) is 24.3 Å². The van der Waals surface area contributed by atoms with Crippen molar-refractivity contribution in [3.05, 3.63) is 53.8 Å². The molecule has 0 saturated carbocycles. The van der Waals surface area contributed by atoms with Crippen molar-refractivity contribution in [3.63, 3.8) is 0 Å². The van der Waals surface area contributed by atoms with Gasteiger partial charge in [-0.3, -0.25) is 4.79 Å². The van der Waals surface area contributed by atoms with E-state index in [9.17, 15) is 19.1 Å². The third-order valence-electron chi connectivity index (χ3n) is 3.73. The maximum Gasteiger partial charge on any atom is 0.330 e. The summed E-state index contributed by atoms with van der Waals surface area (Å²) in [4.78, 5) is 23.6. The van der Waals surface area contributed by atoms with E-state index in [2.05, 4.69) is 5.32 Å². The van der Waals surface area contributed by atoms with Crippen LogP contribution in [0.2, 0.25) is 0 Å². The van der Waals surface area contributed by atoms with Crippen molar-refractivity contribution in [3.8, 4) is 17.2 Å². The molecule has 1 unspecified atom stereocenters. The molecule has 0 aliphatic carbocycles. The summed E-state index contributed by atoms with van der Waals surface area (Å²) in [6, 6.07) is 8.97. The zero-order valence-electron chi connectivity index (χ0n) is 15.6. The van der Waals surface area contributed by atoms with Crippen molar-refractivity contribution in [2.75, 3.05) is 20.3 Å². The summed E-state index contributed by atoms with van der Waals surface area (Å²) >= 11 is 0. The number of methoxy groups -OCH3 is 1. The lowest BCUT2D eigenvalue weighted by Gasteiger charge is -2.16. The predicted octanol–water partition coefficient (Wildman–Crippen LogP) is 2.94. The first kappa shape index (κ1) is 21.0. The topological polar surface area (TPSA) is 94.1 Å². The summed E-state index contributed by atoms with van der Waals surface area (Å²) in [5.41, 5.74) is 0.0802. The lowest BCUT2D eigenvalue weighted by molar-refractivity contribution is -0.142. The highest BCUT2D eigenvalue weighted by atomic mass is 19.1. The number of amides is 1. The van der Waals surface area contributed by atoms with Crippen molar-refractivity contribution in [1.29, 1.82) is 0 Å². The standard InChI is InChI=1S/C20H22FNO6/c1-3-10-27-14-5-7-15(8-6-14)28-12-18(23)22-19(20(24)25)13-4-9-17(26-2)16(21)11-13/h4-9,11,19H,3,10,12H2,1-2H3,(H,22,23)(H,24,25). The second-order valence-electron chi connectivity index (χ2n) is 5.84. The highest BCUT2D eigenvalue weighted by Gasteiger charge is 2.23. The van der Waals surface area contributed by atoms with Gasteiger partial charge in [-0.25, -0.2) is 9.18 Å². The predicted molar refractivity (Wildman–Crippen MR) is 99.2 cm³/mol. The minimum absolute atomic E-state index is 0.0195. The third kappa shape index (κ3) is 5.87. The van der Waals surface area contributed by atoms with Gasteiger partial charge < -0.3 is 24.6 Å². The largest absolute Gasteiger partial charge is 0.494 e. The van der Waals surface area contributed by atoms with Crippen molar-refractivity contribution >= 4 is 11.9 Å². The molecule has 1 atom stereocenters. The molecule has 2 rings (SSSR count). The van der Waals surface area contributed by atoms with Crippen LogP contribution >= 0.6 is 0 Å². The van der Waals surface area contributed by atoms with Crippen LogP contribution in [0.5, 0.6) is 17.2 Å². The van der Waals surface area contributed by atoms with Gasteiger partial charge in [0, 0.05) is 0 Å². The minimum atomic E-state index is -1.42. The van der Waals surface area contributed by atoms with Crippen LogP contribution in [0.3, 0.4) is 0 Å². The Morgan fingerprint density at radius 1 is 1.11 bits per heavy atom. The van der Waals surface area contributed by atoms with E-state index < -0.39 is 30.3 Å². The van der Waals surface area contributed by atoms with Crippen LogP contribution in [-0.2, 0) is 9.59 Å². The van der Waals surface area contributed by atoms with Gasteiger partial charge in [-0.2, -0.15) is 0 Å². The van der Waals surface area contributed by atoms with E-state index in [1.165, 1.54) is 19.2 Å². The third-order valence-corrected chi connectivity index (χ3v) is 3.73. The lowest BCUT2D eigenvalue weighted by atomic mass is 10.1. The first-order chi connectivity index (χ1) is 13.4. The fourth-order valence-electron chi connectivity index (χ4n) is 2.35. The first-order valence-corrected chi connectivity index (χ1v) is 8.65. The number of aliphatic carboxylic acids is 1. The number of halogens is 1. The number of hydrogen-bond acceptors (Lipinski definition) is 5. The van der Waals surface area contributed by atoms with E-state index in [1.807, 2.05) is 6.92 Å². The van der Waals surface area contributed by atoms with Crippen molar-refractivity contribution in [2.24, 2.45) is 0 Å². The Hall–Kier alpha value is -3.29. The molecule has 0 aliphatic rings. The van der Waals surface area contributed by atoms with Gasteiger partial charge in [0.2, 0.25) is 0 Å². The SMILES string of the molecule is CCCOc1ccc(OCC(=O)NC(C(=O)O)c2ccc(OC)c(F)c2)cc1. The Labute approximate surface area is 162 Å². The Kier molecular flexibility index (Phi) is 7.62. The van der Waals surface area contributed by atoms with Crippen LogP contribution < -0.4 is 19.5 Å². The van der Waals surface area contributed by atoms with Crippen molar-refractivity contribution in [1.82, 2.24) is 5.32 Å². The zero-order chi connectivity index (χ0) is 20.5. The number of benzene rings is 2. The summed E-state index contributed by atoms with van der Waals surface area (Å²) in [5, 5.41) is 11.7. The molecule has 2 aromatic rings. The number of nitrogens with one attached hydrogen (secondary N) is 1. The second kappa shape index (κ2) is 10.1. The molecule has 2 N–H and O–H groups in total. The normalized spacial score (nSPS) is 11.4. The maximum atomic E-state index is 13.8. The molecule has 1 amide bonds. The molecule has 7 nitrogen and oxygen atoms in total. The average Bonchev–Trinajstić information content (AvgIpc) is 2.69. The Morgan fingerprint density at radius 3 is 2.29 bits per heavy atom. The molecule has 0 fully saturated rings. The molecule has 0 bridgehead atoms. The zero-order valence-corrected chi connectivity index (χ0v) is 15.6.